The number of hydrogen-bond donors (Lipinski definition) is 1. The lowest BCUT2D eigenvalue weighted by molar-refractivity contribution is -0.119. The molecule has 2 aliphatic rings. The van der Waals surface area contributed by atoms with Gasteiger partial charge in [-0.1, -0.05) is 29.8 Å². The third-order valence-corrected chi connectivity index (χ3v) is 6.25. The standard InChI is InChI=1S/C26H19ClN2O5/c27-21-6-1-2-7-22(21)29-24(31)19-11-9-17(13-20(19)25(29)32)26(33)34-14-23(30)28-18-10-8-15-4-3-5-16(15)12-18/h1-2,6-13H,3-5,14H2,(H,28,30). The molecule has 0 spiro atoms. The molecule has 0 fully saturated rings. The van der Waals surface area contributed by atoms with E-state index in [1.807, 2.05) is 18.2 Å². The Morgan fingerprint density at radius 2 is 1.68 bits per heavy atom. The number of hydrogen-bond acceptors (Lipinski definition) is 5. The number of anilines is 2. The van der Waals surface area contributed by atoms with Gasteiger partial charge in [-0.25, -0.2) is 9.69 Å². The van der Waals surface area contributed by atoms with Crippen molar-refractivity contribution in [2.24, 2.45) is 0 Å². The van der Waals surface area contributed by atoms with Crippen molar-refractivity contribution in [3.63, 3.8) is 0 Å². The van der Waals surface area contributed by atoms with Crippen LogP contribution >= 0.6 is 11.6 Å². The molecule has 7 nitrogen and oxygen atoms in total. The minimum absolute atomic E-state index is 0.0613. The van der Waals surface area contributed by atoms with Crippen molar-refractivity contribution in [1.29, 1.82) is 0 Å². The van der Waals surface area contributed by atoms with Gasteiger partial charge in [0, 0.05) is 5.69 Å². The Balaban J connectivity index is 1.26. The molecule has 1 aliphatic heterocycles. The molecule has 0 atom stereocenters. The normalized spacial score (nSPS) is 14.1. The maximum Gasteiger partial charge on any atom is 0.338 e. The number of imide groups is 1. The summed E-state index contributed by atoms with van der Waals surface area (Å²) in [7, 11) is 0. The number of para-hydroxylation sites is 1. The lowest BCUT2D eigenvalue weighted by Gasteiger charge is -2.15. The number of fused-ring (bicyclic) bond motifs is 2. The van der Waals surface area contributed by atoms with E-state index in [0.717, 1.165) is 24.2 Å². The van der Waals surface area contributed by atoms with Crippen LogP contribution < -0.4 is 10.2 Å². The summed E-state index contributed by atoms with van der Waals surface area (Å²) in [6.07, 6.45) is 3.14. The van der Waals surface area contributed by atoms with Crippen LogP contribution in [0, 0.1) is 0 Å². The average Bonchev–Trinajstić information content (AvgIpc) is 3.40. The second-order valence-electron chi connectivity index (χ2n) is 8.12. The molecule has 0 bridgehead atoms. The molecular formula is C26H19ClN2O5. The summed E-state index contributed by atoms with van der Waals surface area (Å²) < 4.78 is 5.13. The zero-order valence-electron chi connectivity index (χ0n) is 18.0. The van der Waals surface area contributed by atoms with Gasteiger partial charge in [0.05, 0.1) is 27.4 Å². The highest BCUT2D eigenvalue weighted by atomic mass is 35.5. The minimum atomic E-state index is -0.775. The Labute approximate surface area is 200 Å². The number of nitrogens with zero attached hydrogens (tertiary/aromatic N) is 1. The van der Waals surface area contributed by atoms with E-state index in [-0.39, 0.29) is 27.4 Å². The van der Waals surface area contributed by atoms with Crippen molar-refractivity contribution in [2.45, 2.75) is 19.3 Å². The summed E-state index contributed by atoms with van der Waals surface area (Å²) in [5.74, 6) is -2.36. The van der Waals surface area contributed by atoms with Crippen molar-refractivity contribution in [2.75, 3.05) is 16.8 Å². The Hall–Kier alpha value is -3.97. The van der Waals surface area contributed by atoms with Crippen LogP contribution in [0.3, 0.4) is 0 Å². The molecule has 5 rings (SSSR count). The number of aryl methyl sites for hydroxylation is 2. The van der Waals surface area contributed by atoms with Crippen LogP contribution in [0.5, 0.6) is 0 Å². The monoisotopic (exact) mass is 474 g/mol. The van der Waals surface area contributed by atoms with Crippen LogP contribution in [0.4, 0.5) is 11.4 Å². The van der Waals surface area contributed by atoms with E-state index in [0.29, 0.717) is 5.69 Å². The number of esters is 1. The lowest BCUT2D eigenvalue weighted by atomic mass is 10.1. The number of amides is 3. The second-order valence-corrected chi connectivity index (χ2v) is 8.53. The van der Waals surface area contributed by atoms with Gasteiger partial charge in [-0.3, -0.25) is 14.4 Å². The number of carbonyl (C=O) groups is 4. The van der Waals surface area contributed by atoms with E-state index >= 15 is 0 Å². The number of carbonyl (C=O) groups excluding carboxylic acids is 4. The molecule has 0 saturated carbocycles. The SMILES string of the molecule is O=C(COC(=O)c1ccc2c(c1)C(=O)N(c1ccccc1Cl)C2=O)Nc1ccc2c(c1)CCC2. The van der Waals surface area contributed by atoms with E-state index in [2.05, 4.69) is 5.32 Å². The number of halogens is 1. The number of rotatable bonds is 5. The molecule has 3 aromatic rings. The van der Waals surface area contributed by atoms with Gasteiger partial charge in [-0.05, 0) is 72.9 Å². The largest absolute Gasteiger partial charge is 0.452 e. The number of benzene rings is 3. The highest BCUT2D eigenvalue weighted by molar-refractivity contribution is 6.39. The fourth-order valence-electron chi connectivity index (χ4n) is 4.28. The summed E-state index contributed by atoms with van der Waals surface area (Å²) in [4.78, 5) is 51.4. The van der Waals surface area contributed by atoms with E-state index in [1.165, 1.54) is 29.3 Å². The predicted molar refractivity (Wildman–Crippen MR) is 126 cm³/mol. The van der Waals surface area contributed by atoms with Gasteiger partial charge in [0.2, 0.25) is 0 Å². The quantitative estimate of drug-likeness (QED) is 0.436. The van der Waals surface area contributed by atoms with E-state index in [1.54, 1.807) is 24.3 Å². The Bertz CT molecular complexity index is 1370. The van der Waals surface area contributed by atoms with E-state index in [4.69, 9.17) is 16.3 Å². The van der Waals surface area contributed by atoms with Crippen LogP contribution in [0.25, 0.3) is 0 Å². The molecule has 34 heavy (non-hydrogen) atoms. The molecule has 3 amide bonds. The van der Waals surface area contributed by atoms with Crippen molar-refractivity contribution in [3.05, 3.63) is 93.5 Å². The Kier molecular flexibility index (Phi) is 5.63. The smallest absolute Gasteiger partial charge is 0.338 e. The lowest BCUT2D eigenvalue weighted by Crippen LogP contribution is -2.29. The van der Waals surface area contributed by atoms with Gasteiger partial charge >= 0.3 is 5.97 Å². The van der Waals surface area contributed by atoms with Crippen molar-refractivity contribution in [3.8, 4) is 0 Å². The third-order valence-electron chi connectivity index (χ3n) is 5.93. The van der Waals surface area contributed by atoms with Crippen LogP contribution in [0.1, 0.15) is 48.6 Å². The zero-order valence-corrected chi connectivity index (χ0v) is 18.7. The van der Waals surface area contributed by atoms with Crippen molar-refractivity contribution < 1.29 is 23.9 Å². The second kappa shape index (κ2) is 8.76. The van der Waals surface area contributed by atoms with Gasteiger partial charge in [0.1, 0.15) is 0 Å². The van der Waals surface area contributed by atoms with Gasteiger partial charge < -0.3 is 10.1 Å². The first kappa shape index (κ1) is 21.9. The fourth-order valence-corrected chi connectivity index (χ4v) is 4.50. The molecule has 1 N–H and O–H groups in total. The van der Waals surface area contributed by atoms with Crippen LogP contribution in [0.2, 0.25) is 5.02 Å². The zero-order chi connectivity index (χ0) is 23.8. The minimum Gasteiger partial charge on any atom is -0.452 e. The Morgan fingerprint density at radius 3 is 2.50 bits per heavy atom. The highest BCUT2D eigenvalue weighted by Crippen LogP contribution is 2.33. The molecule has 0 radical (unpaired) electrons. The summed E-state index contributed by atoms with van der Waals surface area (Å²) >= 11 is 6.16. The molecule has 0 unspecified atom stereocenters. The first-order valence-corrected chi connectivity index (χ1v) is 11.2. The van der Waals surface area contributed by atoms with Gasteiger partial charge in [-0.2, -0.15) is 0 Å². The van der Waals surface area contributed by atoms with Crippen LogP contribution in [-0.2, 0) is 22.4 Å². The predicted octanol–water partition coefficient (Wildman–Crippen LogP) is 4.42. The number of nitrogens with one attached hydrogen (secondary N) is 1. The third kappa shape index (κ3) is 3.95. The maximum absolute atomic E-state index is 12.9. The summed E-state index contributed by atoms with van der Waals surface area (Å²) in [5, 5.41) is 2.98. The molecule has 1 heterocycles. The molecule has 0 aromatic heterocycles. The van der Waals surface area contributed by atoms with Crippen LogP contribution in [0.15, 0.2) is 60.7 Å². The summed E-state index contributed by atoms with van der Waals surface area (Å²) in [6, 6.07) is 16.4. The molecule has 8 heteroatoms. The maximum atomic E-state index is 12.9. The van der Waals surface area contributed by atoms with Gasteiger partial charge in [0.25, 0.3) is 17.7 Å². The first-order chi connectivity index (χ1) is 16.4. The van der Waals surface area contributed by atoms with Gasteiger partial charge in [-0.15, -0.1) is 0 Å². The van der Waals surface area contributed by atoms with Crippen molar-refractivity contribution >= 4 is 46.7 Å². The topological polar surface area (TPSA) is 92.8 Å². The first-order valence-electron chi connectivity index (χ1n) is 10.8. The summed E-state index contributed by atoms with van der Waals surface area (Å²) in [5.41, 5.74) is 3.73. The van der Waals surface area contributed by atoms with E-state index in [9.17, 15) is 19.2 Å². The van der Waals surface area contributed by atoms with Crippen LogP contribution in [-0.4, -0.2) is 30.3 Å². The van der Waals surface area contributed by atoms with Crippen molar-refractivity contribution in [1.82, 2.24) is 0 Å². The molecule has 3 aromatic carbocycles. The molecule has 0 saturated heterocycles. The number of ether oxygens (including phenoxy) is 1. The molecule has 1 aliphatic carbocycles. The Morgan fingerprint density at radius 1 is 0.912 bits per heavy atom. The van der Waals surface area contributed by atoms with Gasteiger partial charge in [0.15, 0.2) is 6.61 Å². The highest BCUT2D eigenvalue weighted by Gasteiger charge is 2.38. The average molecular weight is 475 g/mol. The molecular weight excluding hydrogens is 456 g/mol. The summed E-state index contributed by atoms with van der Waals surface area (Å²) in [6.45, 7) is -0.481. The van der Waals surface area contributed by atoms with E-state index < -0.39 is 30.3 Å². The molecule has 170 valence electrons. The fraction of sp³-hybridized carbons (Fsp3) is 0.154.